The zero-order chi connectivity index (χ0) is 19.1. The quantitative estimate of drug-likeness (QED) is 0.658. The first-order valence-electron chi connectivity index (χ1n) is 8.69. The van der Waals surface area contributed by atoms with Crippen LogP contribution in [0.1, 0.15) is 40.3 Å². The van der Waals surface area contributed by atoms with Crippen molar-refractivity contribution in [2.45, 2.75) is 45.8 Å². The molecule has 3 heterocycles. The highest BCUT2D eigenvalue weighted by Gasteiger charge is 2.52. The van der Waals surface area contributed by atoms with Gasteiger partial charge in [-0.15, -0.1) is 0 Å². The van der Waals surface area contributed by atoms with Crippen molar-refractivity contribution in [3.05, 3.63) is 54.7 Å². The van der Waals surface area contributed by atoms with Gasteiger partial charge in [-0.25, -0.2) is 9.37 Å². The molecule has 0 aromatic carbocycles. The second-order valence-corrected chi connectivity index (χ2v) is 7.39. The molecule has 1 fully saturated rings. The second kappa shape index (κ2) is 6.52. The van der Waals surface area contributed by atoms with Gasteiger partial charge in [0.1, 0.15) is 5.83 Å². The van der Waals surface area contributed by atoms with Crippen LogP contribution in [0.3, 0.4) is 0 Å². The van der Waals surface area contributed by atoms with Crippen LogP contribution < -0.4 is 5.46 Å². The Hall–Kier alpha value is -2.18. The Morgan fingerprint density at radius 1 is 1.23 bits per heavy atom. The average molecular weight is 354 g/mol. The minimum atomic E-state index is -0.533. The van der Waals surface area contributed by atoms with Gasteiger partial charge in [0, 0.05) is 17.2 Å². The third-order valence-corrected chi connectivity index (χ3v) is 5.10. The summed E-state index contributed by atoms with van der Waals surface area (Å²) in [6.07, 6.45) is 6.49. The van der Waals surface area contributed by atoms with E-state index in [1.165, 1.54) is 6.08 Å². The molecule has 0 aliphatic carbocycles. The van der Waals surface area contributed by atoms with Gasteiger partial charge in [0.15, 0.2) is 0 Å². The first-order valence-corrected chi connectivity index (χ1v) is 8.69. The molecule has 2 aromatic heterocycles. The third kappa shape index (κ3) is 3.04. The summed E-state index contributed by atoms with van der Waals surface area (Å²) in [7, 11) is -0.533. The number of nitrogens with one attached hydrogen (secondary N) is 1. The molecule has 2 aromatic rings. The lowest BCUT2D eigenvalue weighted by Crippen LogP contribution is -2.41. The highest BCUT2D eigenvalue weighted by atomic mass is 19.1. The van der Waals surface area contributed by atoms with E-state index in [4.69, 9.17) is 9.31 Å². The molecule has 0 saturated carbocycles. The van der Waals surface area contributed by atoms with E-state index < -0.39 is 24.1 Å². The maximum Gasteiger partial charge on any atom is 0.498 e. The van der Waals surface area contributed by atoms with Gasteiger partial charge in [0.25, 0.3) is 0 Å². The number of allylic oxidation sites excluding steroid dienone is 5. The fourth-order valence-corrected chi connectivity index (χ4v) is 2.88. The lowest BCUT2D eigenvalue weighted by molar-refractivity contribution is 0.00578. The van der Waals surface area contributed by atoms with Crippen LogP contribution in [0.4, 0.5) is 4.39 Å². The lowest BCUT2D eigenvalue weighted by atomic mass is 9.80. The summed E-state index contributed by atoms with van der Waals surface area (Å²) in [4.78, 5) is 7.87. The van der Waals surface area contributed by atoms with Crippen molar-refractivity contribution in [2.75, 3.05) is 0 Å². The molecule has 0 radical (unpaired) electrons. The van der Waals surface area contributed by atoms with Crippen LogP contribution in [0.25, 0.3) is 16.6 Å². The highest BCUT2D eigenvalue weighted by molar-refractivity contribution is 6.65. The summed E-state index contributed by atoms with van der Waals surface area (Å²) in [5, 5.41) is 0. The van der Waals surface area contributed by atoms with Gasteiger partial charge >= 0.3 is 7.12 Å². The number of aromatic amines is 1. The number of rotatable bonds is 4. The standard InChI is InChI=1S/C20H24BFN2O2/c1-7-9-13(15(22)8-2)16-10-11-17-18(24-16)14(12-23-17)21-25-19(3,4)20(5,6)26-21/h7-12,23H,2H2,1,3-6H3/b9-7-,15-13-. The first-order chi connectivity index (χ1) is 12.2. The van der Waals surface area contributed by atoms with E-state index >= 15 is 0 Å². The first kappa shape index (κ1) is 18.6. The maximum atomic E-state index is 14.2. The van der Waals surface area contributed by atoms with Crippen molar-refractivity contribution in [2.24, 2.45) is 0 Å². The van der Waals surface area contributed by atoms with E-state index in [0.29, 0.717) is 16.8 Å². The number of H-pyrrole nitrogens is 1. The summed E-state index contributed by atoms with van der Waals surface area (Å²) >= 11 is 0. The molecule has 0 atom stereocenters. The molecule has 0 unspecified atom stereocenters. The van der Waals surface area contributed by atoms with Gasteiger partial charge in [0.2, 0.25) is 0 Å². The molecule has 1 N–H and O–H groups in total. The van der Waals surface area contributed by atoms with E-state index in [1.54, 1.807) is 18.2 Å². The Balaban J connectivity index is 2.09. The monoisotopic (exact) mass is 354 g/mol. The van der Waals surface area contributed by atoms with Gasteiger partial charge in [0.05, 0.1) is 27.9 Å². The smallest absolute Gasteiger partial charge is 0.399 e. The number of halogens is 1. The molecule has 4 nitrogen and oxygen atoms in total. The summed E-state index contributed by atoms with van der Waals surface area (Å²) < 4.78 is 26.5. The number of pyridine rings is 1. The van der Waals surface area contributed by atoms with E-state index in [2.05, 4.69) is 16.5 Å². The molecular weight excluding hydrogens is 330 g/mol. The minimum absolute atomic E-state index is 0.394. The number of aromatic nitrogens is 2. The Morgan fingerprint density at radius 3 is 2.46 bits per heavy atom. The van der Waals surface area contributed by atoms with Crippen molar-refractivity contribution in [3.8, 4) is 0 Å². The largest absolute Gasteiger partial charge is 0.498 e. The van der Waals surface area contributed by atoms with Gasteiger partial charge in [-0.2, -0.15) is 0 Å². The fourth-order valence-electron chi connectivity index (χ4n) is 2.88. The molecule has 26 heavy (non-hydrogen) atoms. The Kier molecular flexibility index (Phi) is 4.67. The fraction of sp³-hybridized carbons (Fsp3) is 0.350. The Labute approximate surface area is 153 Å². The van der Waals surface area contributed by atoms with E-state index in [1.807, 2.05) is 46.9 Å². The summed E-state index contributed by atoms with van der Waals surface area (Å²) in [5.74, 6) is -0.414. The van der Waals surface area contributed by atoms with Crippen molar-refractivity contribution in [1.82, 2.24) is 9.97 Å². The third-order valence-electron chi connectivity index (χ3n) is 5.10. The van der Waals surface area contributed by atoms with Crippen molar-refractivity contribution >= 4 is 29.2 Å². The van der Waals surface area contributed by atoms with Crippen LogP contribution in [0.5, 0.6) is 0 Å². The normalized spacial score (nSPS) is 20.0. The number of hydrogen-bond donors (Lipinski definition) is 1. The molecule has 1 aliphatic heterocycles. The van der Waals surface area contributed by atoms with E-state index in [9.17, 15) is 4.39 Å². The highest BCUT2D eigenvalue weighted by Crippen LogP contribution is 2.37. The molecule has 0 amide bonds. The maximum absolute atomic E-state index is 14.2. The van der Waals surface area contributed by atoms with Crippen LogP contribution in [0, 0.1) is 0 Å². The Bertz CT molecular complexity index is 896. The van der Waals surface area contributed by atoms with Crippen molar-refractivity contribution in [3.63, 3.8) is 0 Å². The van der Waals surface area contributed by atoms with Crippen molar-refractivity contribution in [1.29, 1.82) is 0 Å². The minimum Gasteiger partial charge on any atom is -0.399 e. The van der Waals surface area contributed by atoms with Crippen LogP contribution in [-0.4, -0.2) is 28.3 Å². The van der Waals surface area contributed by atoms with Crippen molar-refractivity contribution < 1.29 is 13.7 Å². The van der Waals surface area contributed by atoms with Gasteiger partial charge < -0.3 is 14.3 Å². The molecule has 0 bridgehead atoms. The molecule has 1 saturated heterocycles. The zero-order valence-electron chi connectivity index (χ0n) is 15.9. The lowest BCUT2D eigenvalue weighted by Gasteiger charge is -2.32. The molecule has 3 rings (SSSR count). The molecule has 136 valence electrons. The van der Waals surface area contributed by atoms with E-state index in [0.717, 1.165) is 11.0 Å². The number of hydrogen-bond acceptors (Lipinski definition) is 3. The SMILES string of the molecule is C=C/C(F)=C(\C=C/C)c1ccc2[nH]cc(B3OC(C)(C)C(C)(C)O3)c2n1. The molecule has 6 heteroatoms. The summed E-state index contributed by atoms with van der Waals surface area (Å²) in [6.45, 7) is 13.4. The second-order valence-electron chi connectivity index (χ2n) is 7.39. The van der Waals surface area contributed by atoms with Crippen LogP contribution in [0.15, 0.2) is 49.0 Å². The van der Waals surface area contributed by atoms with Gasteiger partial charge in [-0.1, -0.05) is 18.7 Å². The van der Waals surface area contributed by atoms with Crippen LogP contribution in [0.2, 0.25) is 0 Å². The summed E-state index contributed by atoms with van der Waals surface area (Å²) in [6, 6.07) is 3.66. The van der Waals surface area contributed by atoms with Crippen LogP contribution >= 0.6 is 0 Å². The predicted octanol–water partition coefficient (Wildman–Crippen LogP) is 4.30. The Morgan fingerprint density at radius 2 is 1.88 bits per heavy atom. The number of fused-ring (bicyclic) bond motifs is 1. The molecule has 0 spiro atoms. The summed E-state index contributed by atoms with van der Waals surface area (Å²) in [5.41, 5.74) is 2.40. The molecule has 1 aliphatic rings. The average Bonchev–Trinajstić information content (AvgIpc) is 3.09. The topological polar surface area (TPSA) is 47.1 Å². The zero-order valence-corrected chi connectivity index (χ0v) is 15.9. The van der Waals surface area contributed by atoms with Gasteiger partial charge in [-0.3, -0.25) is 0 Å². The predicted molar refractivity (Wildman–Crippen MR) is 105 cm³/mol. The molecular formula is C20H24BFN2O2. The van der Waals surface area contributed by atoms with E-state index in [-0.39, 0.29) is 0 Å². The van der Waals surface area contributed by atoms with Crippen LogP contribution in [-0.2, 0) is 9.31 Å². The number of nitrogens with zero attached hydrogens (tertiary/aromatic N) is 1. The van der Waals surface area contributed by atoms with Gasteiger partial charge in [-0.05, 0) is 52.8 Å².